The molecule has 1 rings (SSSR count). The summed E-state index contributed by atoms with van der Waals surface area (Å²) in [5.41, 5.74) is 1.22. The van der Waals surface area contributed by atoms with Crippen molar-refractivity contribution in [2.75, 3.05) is 33.5 Å². The van der Waals surface area contributed by atoms with Gasteiger partial charge in [-0.05, 0) is 19.4 Å². The predicted octanol–water partition coefficient (Wildman–Crippen LogP) is 1.51. The van der Waals surface area contributed by atoms with Crippen LogP contribution >= 0.6 is 0 Å². The fourth-order valence-electron chi connectivity index (χ4n) is 1.77. The molecule has 5 nitrogen and oxygen atoms in total. The highest BCUT2D eigenvalue weighted by Gasteiger charge is 2.12. The van der Waals surface area contributed by atoms with Gasteiger partial charge >= 0.3 is 0 Å². The minimum absolute atomic E-state index is 0.321. The molecule has 18 heavy (non-hydrogen) atoms. The van der Waals surface area contributed by atoms with Crippen LogP contribution in [0, 0.1) is 0 Å². The molecule has 0 aliphatic rings. The Morgan fingerprint density at radius 2 is 2.22 bits per heavy atom. The van der Waals surface area contributed by atoms with Gasteiger partial charge in [-0.2, -0.15) is 5.10 Å². The Morgan fingerprint density at radius 3 is 2.83 bits per heavy atom. The molecule has 0 saturated carbocycles. The van der Waals surface area contributed by atoms with Crippen molar-refractivity contribution < 1.29 is 9.47 Å². The van der Waals surface area contributed by atoms with Gasteiger partial charge in [0.15, 0.2) is 0 Å². The van der Waals surface area contributed by atoms with Crippen LogP contribution in [0.3, 0.4) is 0 Å². The average Bonchev–Trinajstić information content (AvgIpc) is 2.79. The molecule has 104 valence electrons. The van der Waals surface area contributed by atoms with E-state index in [9.17, 15) is 0 Å². The van der Waals surface area contributed by atoms with Crippen molar-refractivity contribution in [2.45, 2.75) is 25.8 Å². The first-order valence-corrected chi connectivity index (χ1v) is 6.56. The zero-order chi connectivity index (χ0) is 13.2. The number of aryl methyl sites for hydroxylation is 1. The lowest BCUT2D eigenvalue weighted by Crippen LogP contribution is -2.23. The van der Waals surface area contributed by atoms with Crippen molar-refractivity contribution in [3.63, 3.8) is 0 Å². The average molecular weight is 255 g/mol. The minimum atomic E-state index is 0.321. The lowest BCUT2D eigenvalue weighted by Gasteiger charge is -2.17. The van der Waals surface area contributed by atoms with Crippen LogP contribution < -0.4 is 5.32 Å². The number of ether oxygens (including phenoxy) is 2. The van der Waals surface area contributed by atoms with Gasteiger partial charge in [-0.15, -0.1) is 0 Å². The normalized spacial score (nSPS) is 12.8. The van der Waals surface area contributed by atoms with Gasteiger partial charge in [0.25, 0.3) is 0 Å². The van der Waals surface area contributed by atoms with E-state index in [0.29, 0.717) is 19.3 Å². The first-order chi connectivity index (χ1) is 8.77. The molecule has 1 heterocycles. The number of nitrogens with one attached hydrogen (secondary N) is 1. The summed E-state index contributed by atoms with van der Waals surface area (Å²) >= 11 is 0. The van der Waals surface area contributed by atoms with Crippen molar-refractivity contribution in [3.05, 3.63) is 18.0 Å². The van der Waals surface area contributed by atoms with E-state index >= 15 is 0 Å². The number of hydrogen-bond donors (Lipinski definition) is 1. The maximum atomic E-state index is 5.52. The van der Waals surface area contributed by atoms with E-state index in [1.807, 2.05) is 17.9 Å². The van der Waals surface area contributed by atoms with Gasteiger partial charge in [0.2, 0.25) is 0 Å². The van der Waals surface area contributed by atoms with Crippen LogP contribution in [0.1, 0.15) is 31.4 Å². The minimum Gasteiger partial charge on any atom is -0.382 e. The molecule has 1 unspecified atom stereocenters. The van der Waals surface area contributed by atoms with Crippen molar-refractivity contribution in [2.24, 2.45) is 7.05 Å². The molecule has 1 aromatic rings. The number of methoxy groups -OCH3 is 1. The van der Waals surface area contributed by atoms with Crippen LogP contribution in [0.25, 0.3) is 0 Å². The van der Waals surface area contributed by atoms with Crippen LogP contribution in [-0.4, -0.2) is 43.3 Å². The Bertz CT molecular complexity index is 315. The number of rotatable bonds is 10. The number of nitrogens with zero attached hydrogens (tertiary/aromatic N) is 2. The molecule has 0 aliphatic carbocycles. The quantitative estimate of drug-likeness (QED) is 0.644. The van der Waals surface area contributed by atoms with Gasteiger partial charge in [0.05, 0.1) is 19.4 Å². The Kier molecular flexibility index (Phi) is 7.64. The first kappa shape index (κ1) is 15.1. The van der Waals surface area contributed by atoms with Gasteiger partial charge in [-0.3, -0.25) is 4.68 Å². The largest absolute Gasteiger partial charge is 0.382 e. The number of hydrogen-bond acceptors (Lipinski definition) is 4. The van der Waals surface area contributed by atoms with Crippen molar-refractivity contribution in [1.29, 1.82) is 0 Å². The maximum Gasteiger partial charge on any atom is 0.0700 e. The molecule has 0 spiro atoms. The van der Waals surface area contributed by atoms with Crippen LogP contribution in [0.15, 0.2) is 12.4 Å². The number of aromatic nitrogens is 2. The Hall–Kier alpha value is -0.910. The summed E-state index contributed by atoms with van der Waals surface area (Å²) in [6.45, 7) is 5.23. The molecule has 0 aliphatic heterocycles. The zero-order valence-electron chi connectivity index (χ0n) is 11.7. The van der Waals surface area contributed by atoms with E-state index in [0.717, 1.165) is 26.0 Å². The summed E-state index contributed by atoms with van der Waals surface area (Å²) < 4.78 is 12.3. The zero-order valence-corrected chi connectivity index (χ0v) is 11.7. The Balaban J connectivity index is 2.36. The lowest BCUT2D eigenvalue weighted by atomic mass is 10.1. The van der Waals surface area contributed by atoms with E-state index in [4.69, 9.17) is 9.47 Å². The molecule has 0 amide bonds. The van der Waals surface area contributed by atoms with Crippen LogP contribution in [0.5, 0.6) is 0 Å². The first-order valence-electron chi connectivity index (χ1n) is 6.56. The predicted molar refractivity (Wildman–Crippen MR) is 71.6 cm³/mol. The van der Waals surface area contributed by atoms with Crippen LogP contribution in [0.4, 0.5) is 0 Å². The second-order valence-corrected chi connectivity index (χ2v) is 4.35. The van der Waals surface area contributed by atoms with Gasteiger partial charge < -0.3 is 14.8 Å². The SMILES string of the molecule is CCCNC(CCOCCOC)c1cnn(C)c1. The topological polar surface area (TPSA) is 48.3 Å². The summed E-state index contributed by atoms with van der Waals surface area (Å²) in [4.78, 5) is 0. The molecule has 1 N–H and O–H groups in total. The maximum absolute atomic E-state index is 5.52. The van der Waals surface area contributed by atoms with Crippen LogP contribution in [0.2, 0.25) is 0 Å². The summed E-state index contributed by atoms with van der Waals surface area (Å²) in [7, 11) is 3.63. The molecular formula is C13H25N3O2. The second-order valence-electron chi connectivity index (χ2n) is 4.35. The third kappa shape index (κ3) is 5.62. The molecule has 1 aromatic heterocycles. The van der Waals surface area contributed by atoms with E-state index in [1.54, 1.807) is 7.11 Å². The molecular weight excluding hydrogens is 230 g/mol. The summed E-state index contributed by atoms with van der Waals surface area (Å²) in [6.07, 6.45) is 6.06. The summed E-state index contributed by atoms with van der Waals surface area (Å²) in [5, 5.41) is 7.74. The van der Waals surface area contributed by atoms with Gasteiger partial charge in [-0.25, -0.2) is 0 Å². The highest BCUT2D eigenvalue weighted by atomic mass is 16.5. The second kappa shape index (κ2) is 9.08. The third-order valence-electron chi connectivity index (χ3n) is 2.75. The third-order valence-corrected chi connectivity index (χ3v) is 2.75. The van der Waals surface area contributed by atoms with E-state index in [2.05, 4.69) is 23.5 Å². The van der Waals surface area contributed by atoms with Gasteiger partial charge in [-0.1, -0.05) is 6.92 Å². The molecule has 0 fully saturated rings. The molecule has 0 bridgehead atoms. The van der Waals surface area contributed by atoms with E-state index in [1.165, 1.54) is 5.56 Å². The molecule has 0 radical (unpaired) electrons. The lowest BCUT2D eigenvalue weighted by molar-refractivity contribution is 0.0657. The van der Waals surface area contributed by atoms with Gasteiger partial charge in [0.1, 0.15) is 0 Å². The van der Waals surface area contributed by atoms with Gasteiger partial charge in [0, 0.05) is 38.6 Å². The molecule has 0 aromatic carbocycles. The van der Waals surface area contributed by atoms with E-state index < -0.39 is 0 Å². The van der Waals surface area contributed by atoms with Crippen LogP contribution in [-0.2, 0) is 16.5 Å². The fourth-order valence-corrected chi connectivity index (χ4v) is 1.77. The van der Waals surface area contributed by atoms with Crippen molar-refractivity contribution >= 4 is 0 Å². The van der Waals surface area contributed by atoms with E-state index in [-0.39, 0.29) is 0 Å². The molecule has 0 saturated heterocycles. The Labute approximate surface area is 109 Å². The highest BCUT2D eigenvalue weighted by Crippen LogP contribution is 2.15. The molecule has 1 atom stereocenters. The summed E-state index contributed by atoms with van der Waals surface area (Å²) in [5.74, 6) is 0. The Morgan fingerprint density at radius 1 is 1.39 bits per heavy atom. The smallest absolute Gasteiger partial charge is 0.0700 e. The van der Waals surface area contributed by atoms with Crippen molar-refractivity contribution in [1.82, 2.24) is 15.1 Å². The van der Waals surface area contributed by atoms with Crippen molar-refractivity contribution in [3.8, 4) is 0 Å². The molecule has 5 heteroatoms. The fraction of sp³-hybridized carbons (Fsp3) is 0.769. The monoisotopic (exact) mass is 255 g/mol. The standard InChI is InChI=1S/C13H25N3O2/c1-4-6-14-13(5-7-18-9-8-17-3)12-10-15-16(2)11-12/h10-11,13-14H,4-9H2,1-3H3. The highest BCUT2D eigenvalue weighted by molar-refractivity contribution is 5.10. The summed E-state index contributed by atoms with van der Waals surface area (Å²) in [6, 6.07) is 0.321.